The molecule has 0 saturated heterocycles. The maximum Gasteiger partial charge on any atom is 0.242 e. The fourth-order valence-corrected chi connectivity index (χ4v) is 4.32. The van der Waals surface area contributed by atoms with E-state index in [2.05, 4.69) is 10.0 Å². The van der Waals surface area contributed by atoms with Crippen LogP contribution in [0.15, 0.2) is 77.7 Å². The van der Waals surface area contributed by atoms with E-state index in [1.165, 1.54) is 0 Å². The van der Waals surface area contributed by atoms with Crippen LogP contribution in [0.25, 0.3) is 0 Å². The summed E-state index contributed by atoms with van der Waals surface area (Å²) in [5.74, 6) is -1.07. The molecule has 0 aliphatic rings. The Morgan fingerprint density at radius 1 is 1.03 bits per heavy atom. The van der Waals surface area contributed by atoms with Crippen LogP contribution < -0.4 is 10.0 Å². The number of hydrogen-bond donors (Lipinski definition) is 2. The van der Waals surface area contributed by atoms with Gasteiger partial charge >= 0.3 is 0 Å². The van der Waals surface area contributed by atoms with Crippen molar-refractivity contribution in [2.75, 3.05) is 5.32 Å². The summed E-state index contributed by atoms with van der Waals surface area (Å²) in [6.07, 6.45) is 0.139. The number of aryl methyl sites for hydroxylation is 1. The van der Waals surface area contributed by atoms with Crippen molar-refractivity contribution in [2.45, 2.75) is 24.3 Å². The van der Waals surface area contributed by atoms with E-state index in [4.69, 9.17) is 11.6 Å². The molecule has 3 rings (SSSR count). The molecule has 1 amide bonds. The van der Waals surface area contributed by atoms with Gasteiger partial charge in [0.15, 0.2) is 0 Å². The number of hydrogen-bond acceptors (Lipinski definition) is 3. The summed E-state index contributed by atoms with van der Waals surface area (Å²) in [4.78, 5) is 12.9. The van der Waals surface area contributed by atoms with Crippen LogP contribution in [0, 0.1) is 12.7 Å². The normalized spacial score (nSPS) is 12.4. The van der Waals surface area contributed by atoms with Crippen LogP contribution >= 0.6 is 11.6 Å². The van der Waals surface area contributed by atoms with Crippen molar-refractivity contribution in [1.82, 2.24) is 4.72 Å². The maximum absolute atomic E-state index is 13.2. The Balaban J connectivity index is 1.87. The summed E-state index contributed by atoms with van der Waals surface area (Å²) in [5.41, 5.74) is 2.06. The molecule has 0 unspecified atom stereocenters. The van der Waals surface area contributed by atoms with E-state index in [9.17, 15) is 17.6 Å². The SMILES string of the molecule is Cc1cc(Cl)ccc1NC(=O)[C@@H](Cc1ccccc1)NS(=O)(=O)c1ccc(F)cc1. The van der Waals surface area contributed by atoms with E-state index < -0.39 is 27.8 Å². The topological polar surface area (TPSA) is 75.3 Å². The minimum absolute atomic E-state index is 0.127. The van der Waals surface area contributed by atoms with E-state index in [-0.39, 0.29) is 11.3 Å². The molecule has 0 bridgehead atoms. The second-order valence-electron chi connectivity index (χ2n) is 6.77. The Kier molecular flexibility index (Phi) is 6.87. The van der Waals surface area contributed by atoms with Crippen LogP contribution in [0.5, 0.6) is 0 Å². The Hall–Kier alpha value is -2.74. The van der Waals surface area contributed by atoms with Gasteiger partial charge < -0.3 is 5.32 Å². The standard InChI is InChI=1S/C22H20ClFN2O3S/c1-15-13-17(23)7-12-20(15)25-22(27)21(14-16-5-3-2-4-6-16)26-30(28,29)19-10-8-18(24)9-11-19/h2-13,21,26H,14H2,1H3,(H,25,27)/t21-/m1/s1. The molecule has 3 aromatic carbocycles. The van der Waals surface area contributed by atoms with Crippen molar-refractivity contribution >= 4 is 33.2 Å². The van der Waals surface area contributed by atoms with Crippen LogP contribution in [0.3, 0.4) is 0 Å². The first-order chi connectivity index (χ1) is 14.2. The van der Waals surface area contributed by atoms with Crippen molar-refractivity contribution in [3.63, 3.8) is 0 Å². The molecule has 156 valence electrons. The zero-order valence-corrected chi connectivity index (χ0v) is 17.7. The fraction of sp³-hybridized carbons (Fsp3) is 0.136. The molecular weight excluding hydrogens is 427 g/mol. The van der Waals surface area contributed by atoms with Crippen LogP contribution in [0.2, 0.25) is 5.02 Å². The van der Waals surface area contributed by atoms with Gasteiger partial charge in [0, 0.05) is 10.7 Å². The largest absolute Gasteiger partial charge is 0.324 e. The Bertz CT molecular complexity index is 1140. The van der Waals surface area contributed by atoms with Gasteiger partial charge in [0.25, 0.3) is 0 Å². The molecule has 0 saturated carbocycles. The lowest BCUT2D eigenvalue weighted by Gasteiger charge is -2.19. The van der Waals surface area contributed by atoms with E-state index in [1.54, 1.807) is 37.3 Å². The lowest BCUT2D eigenvalue weighted by molar-refractivity contribution is -0.117. The Morgan fingerprint density at radius 2 is 1.70 bits per heavy atom. The molecule has 0 heterocycles. The predicted molar refractivity (Wildman–Crippen MR) is 115 cm³/mol. The predicted octanol–water partition coefficient (Wildman–Crippen LogP) is 4.32. The highest BCUT2D eigenvalue weighted by atomic mass is 35.5. The van der Waals surface area contributed by atoms with Crippen LogP contribution in [0.4, 0.5) is 10.1 Å². The Morgan fingerprint density at radius 3 is 2.33 bits per heavy atom. The number of amides is 1. The van der Waals surface area contributed by atoms with Crippen LogP contribution in [0.1, 0.15) is 11.1 Å². The van der Waals surface area contributed by atoms with E-state index in [1.807, 2.05) is 18.2 Å². The quantitative estimate of drug-likeness (QED) is 0.567. The molecule has 3 aromatic rings. The van der Waals surface area contributed by atoms with Crippen LogP contribution in [-0.4, -0.2) is 20.4 Å². The summed E-state index contributed by atoms with van der Waals surface area (Å²) in [6, 6.07) is 17.4. The summed E-state index contributed by atoms with van der Waals surface area (Å²) in [5, 5.41) is 3.29. The number of nitrogens with one attached hydrogen (secondary N) is 2. The van der Waals surface area contributed by atoms with Crippen LogP contribution in [-0.2, 0) is 21.2 Å². The number of anilines is 1. The maximum atomic E-state index is 13.2. The number of benzene rings is 3. The monoisotopic (exact) mass is 446 g/mol. The van der Waals surface area contributed by atoms with Crippen molar-refractivity contribution in [1.29, 1.82) is 0 Å². The van der Waals surface area contributed by atoms with Gasteiger partial charge in [-0.1, -0.05) is 41.9 Å². The molecule has 0 aliphatic heterocycles. The fourth-order valence-electron chi connectivity index (χ4n) is 2.89. The summed E-state index contributed by atoms with van der Waals surface area (Å²) >= 11 is 5.96. The minimum atomic E-state index is -4.05. The van der Waals surface area contributed by atoms with E-state index in [0.29, 0.717) is 10.7 Å². The molecule has 8 heteroatoms. The summed E-state index contributed by atoms with van der Waals surface area (Å²) in [6.45, 7) is 1.79. The lowest BCUT2D eigenvalue weighted by Crippen LogP contribution is -2.45. The van der Waals surface area contributed by atoms with Gasteiger partial charge in [-0.25, -0.2) is 12.8 Å². The number of halogens is 2. The van der Waals surface area contributed by atoms with Gasteiger partial charge in [-0.05, 0) is 66.9 Å². The molecule has 0 aromatic heterocycles. The summed E-state index contributed by atoms with van der Waals surface area (Å²) < 4.78 is 41.2. The van der Waals surface area contributed by atoms with E-state index >= 15 is 0 Å². The molecule has 0 aliphatic carbocycles. The van der Waals surface area contributed by atoms with Gasteiger partial charge in [0.2, 0.25) is 15.9 Å². The zero-order chi connectivity index (χ0) is 21.7. The third-order valence-electron chi connectivity index (χ3n) is 4.47. The van der Waals surface area contributed by atoms with Crippen molar-refractivity contribution in [3.05, 3.63) is 94.8 Å². The zero-order valence-electron chi connectivity index (χ0n) is 16.1. The molecule has 0 fully saturated rings. The van der Waals surface area contributed by atoms with Crippen molar-refractivity contribution in [2.24, 2.45) is 0 Å². The molecular formula is C22H20ClFN2O3S. The molecule has 30 heavy (non-hydrogen) atoms. The molecule has 0 radical (unpaired) electrons. The molecule has 5 nitrogen and oxygen atoms in total. The first-order valence-corrected chi connectivity index (χ1v) is 11.0. The number of carbonyl (C=O) groups is 1. The van der Waals surface area contributed by atoms with Gasteiger partial charge in [-0.15, -0.1) is 0 Å². The third-order valence-corrected chi connectivity index (χ3v) is 6.19. The van der Waals surface area contributed by atoms with Crippen molar-refractivity contribution < 1.29 is 17.6 Å². The van der Waals surface area contributed by atoms with Gasteiger partial charge in [0.05, 0.1) is 4.90 Å². The number of rotatable bonds is 7. The number of carbonyl (C=O) groups excluding carboxylic acids is 1. The smallest absolute Gasteiger partial charge is 0.242 e. The third kappa shape index (κ3) is 5.66. The summed E-state index contributed by atoms with van der Waals surface area (Å²) in [7, 11) is -4.05. The average molecular weight is 447 g/mol. The lowest BCUT2D eigenvalue weighted by atomic mass is 10.1. The minimum Gasteiger partial charge on any atom is -0.324 e. The Labute approximate surface area is 179 Å². The molecule has 2 N–H and O–H groups in total. The van der Waals surface area contributed by atoms with Crippen molar-refractivity contribution in [3.8, 4) is 0 Å². The highest BCUT2D eigenvalue weighted by Gasteiger charge is 2.26. The second-order valence-corrected chi connectivity index (χ2v) is 8.92. The molecule has 0 spiro atoms. The first-order valence-electron chi connectivity index (χ1n) is 9.13. The van der Waals surface area contributed by atoms with Gasteiger partial charge in [0.1, 0.15) is 11.9 Å². The average Bonchev–Trinajstić information content (AvgIpc) is 2.70. The highest BCUT2D eigenvalue weighted by Crippen LogP contribution is 2.20. The number of sulfonamides is 1. The second kappa shape index (κ2) is 9.38. The van der Waals surface area contributed by atoms with Gasteiger partial charge in [-0.3, -0.25) is 4.79 Å². The van der Waals surface area contributed by atoms with Gasteiger partial charge in [-0.2, -0.15) is 4.72 Å². The highest BCUT2D eigenvalue weighted by molar-refractivity contribution is 7.89. The molecule has 1 atom stereocenters. The first kappa shape index (κ1) is 22.0. The van der Waals surface area contributed by atoms with E-state index in [0.717, 1.165) is 35.4 Å².